The van der Waals surface area contributed by atoms with Crippen LogP contribution in [0, 0.1) is 0 Å². The van der Waals surface area contributed by atoms with E-state index in [1.54, 1.807) is 12.1 Å². The third-order valence-electron chi connectivity index (χ3n) is 2.36. The first-order chi connectivity index (χ1) is 9.38. The molecular formula is C12H7Br2ClN2O2S. The lowest BCUT2D eigenvalue weighted by Crippen LogP contribution is -2.13. The summed E-state index contributed by atoms with van der Waals surface area (Å²) >= 11 is 13.9. The van der Waals surface area contributed by atoms with E-state index in [-0.39, 0.29) is 16.5 Å². The average Bonchev–Trinajstić information content (AvgIpc) is 2.69. The molecule has 3 N–H and O–H groups in total. The van der Waals surface area contributed by atoms with Crippen LogP contribution in [0.2, 0.25) is 5.02 Å². The average molecular weight is 439 g/mol. The highest BCUT2D eigenvalue weighted by Crippen LogP contribution is 2.32. The van der Waals surface area contributed by atoms with E-state index >= 15 is 0 Å². The lowest BCUT2D eigenvalue weighted by Gasteiger charge is -2.06. The Morgan fingerprint density at radius 3 is 2.45 bits per heavy atom. The molecule has 0 radical (unpaired) electrons. The fourth-order valence-electron chi connectivity index (χ4n) is 1.44. The molecule has 20 heavy (non-hydrogen) atoms. The third-order valence-corrected chi connectivity index (χ3v) is 5.93. The molecular weight excluding hydrogens is 431 g/mol. The molecule has 2 aromatic rings. The summed E-state index contributed by atoms with van der Waals surface area (Å²) in [6, 6.07) is 6.24. The third kappa shape index (κ3) is 3.41. The molecule has 1 heterocycles. The molecule has 0 saturated carbocycles. The summed E-state index contributed by atoms with van der Waals surface area (Å²) in [4.78, 5) is 23.6. The topological polar surface area (TPSA) is 72.2 Å². The van der Waals surface area contributed by atoms with E-state index in [1.807, 2.05) is 0 Å². The number of rotatable bonds is 3. The van der Waals surface area contributed by atoms with Gasteiger partial charge in [0.15, 0.2) is 0 Å². The van der Waals surface area contributed by atoms with Crippen molar-refractivity contribution in [3.63, 3.8) is 0 Å². The SMILES string of the molecule is NC(=O)c1ccc(NC(=O)c2cc(Br)c(Br)s2)cc1Cl. The summed E-state index contributed by atoms with van der Waals surface area (Å²) in [5, 5.41) is 2.90. The van der Waals surface area contributed by atoms with Gasteiger partial charge in [0.2, 0.25) is 5.91 Å². The van der Waals surface area contributed by atoms with Gasteiger partial charge in [-0.15, -0.1) is 11.3 Å². The summed E-state index contributed by atoms with van der Waals surface area (Å²) < 4.78 is 1.65. The number of nitrogens with two attached hydrogens (primary N) is 1. The number of carbonyl (C=O) groups excluding carboxylic acids is 2. The minimum absolute atomic E-state index is 0.198. The van der Waals surface area contributed by atoms with Gasteiger partial charge >= 0.3 is 0 Å². The molecule has 1 aromatic heterocycles. The molecule has 8 heteroatoms. The molecule has 0 aliphatic carbocycles. The number of amides is 2. The molecule has 0 unspecified atom stereocenters. The van der Waals surface area contributed by atoms with Crippen molar-refractivity contribution in [1.29, 1.82) is 0 Å². The van der Waals surface area contributed by atoms with Gasteiger partial charge < -0.3 is 11.1 Å². The van der Waals surface area contributed by atoms with Crippen LogP contribution in [-0.2, 0) is 0 Å². The molecule has 0 bridgehead atoms. The second-order valence-corrected chi connectivity index (χ2v) is 7.38. The summed E-state index contributed by atoms with van der Waals surface area (Å²) in [6.45, 7) is 0. The van der Waals surface area contributed by atoms with Gasteiger partial charge in [-0.25, -0.2) is 0 Å². The number of halogens is 3. The number of primary amides is 1. The Balaban J connectivity index is 2.20. The second kappa shape index (κ2) is 6.26. The van der Waals surface area contributed by atoms with E-state index in [1.165, 1.54) is 23.5 Å². The van der Waals surface area contributed by atoms with E-state index in [9.17, 15) is 9.59 Å². The van der Waals surface area contributed by atoms with E-state index in [2.05, 4.69) is 37.2 Å². The zero-order valence-corrected chi connectivity index (χ0v) is 14.5. The molecule has 4 nitrogen and oxygen atoms in total. The first-order valence-corrected chi connectivity index (χ1v) is 8.02. The second-order valence-electron chi connectivity index (χ2n) is 3.75. The normalized spacial score (nSPS) is 10.3. The number of thiophene rings is 1. The van der Waals surface area contributed by atoms with Crippen molar-refractivity contribution in [1.82, 2.24) is 0 Å². The zero-order valence-electron chi connectivity index (χ0n) is 9.75. The van der Waals surface area contributed by atoms with Gasteiger partial charge in [0.05, 0.1) is 19.2 Å². The Morgan fingerprint density at radius 2 is 1.95 bits per heavy atom. The van der Waals surface area contributed by atoms with Crippen molar-refractivity contribution in [2.75, 3.05) is 5.32 Å². The van der Waals surface area contributed by atoms with Gasteiger partial charge in [0.25, 0.3) is 5.91 Å². The number of carbonyl (C=O) groups is 2. The fraction of sp³-hybridized carbons (Fsp3) is 0. The van der Waals surface area contributed by atoms with E-state index < -0.39 is 5.91 Å². The molecule has 0 aliphatic heterocycles. The van der Waals surface area contributed by atoms with Crippen molar-refractivity contribution < 1.29 is 9.59 Å². The van der Waals surface area contributed by atoms with E-state index in [0.29, 0.717) is 10.6 Å². The van der Waals surface area contributed by atoms with Crippen molar-refractivity contribution in [2.24, 2.45) is 5.73 Å². The highest BCUT2D eigenvalue weighted by atomic mass is 79.9. The van der Waals surface area contributed by atoms with E-state index in [4.69, 9.17) is 17.3 Å². The monoisotopic (exact) mass is 436 g/mol. The Bertz CT molecular complexity index is 683. The molecule has 2 amide bonds. The first-order valence-electron chi connectivity index (χ1n) is 5.24. The molecule has 2 rings (SSSR count). The van der Waals surface area contributed by atoms with Crippen LogP contribution in [0.15, 0.2) is 32.5 Å². The standard InChI is InChI=1S/C12H7Br2ClN2O2S/c13-7-4-9(20-10(7)14)12(19)17-5-1-2-6(11(16)18)8(15)3-5/h1-4H,(H2,16,18)(H,17,19). The molecule has 0 spiro atoms. The van der Waals surface area contributed by atoms with Crippen LogP contribution >= 0.6 is 54.8 Å². The summed E-state index contributed by atoms with van der Waals surface area (Å²) in [5.41, 5.74) is 5.86. The minimum Gasteiger partial charge on any atom is -0.366 e. The van der Waals surface area contributed by atoms with Crippen LogP contribution in [0.1, 0.15) is 20.0 Å². The summed E-state index contributed by atoms with van der Waals surface area (Å²) in [7, 11) is 0. The van der Waals surface area contributed by atoms with Gasteiger partial charge in [0.1, 0.15) is 0 Å². The van der Waals surface area contributed by atoms with Gasteiger partial charge in [-0.3, -0.25) is 9.59 Å². The highest BCUT2D eigenvalue weighted by molar-refractivity contribution is 9.13. The first kappa shape index (κ1) is 15.5. The molecule has 1 aromatic carbocycles. The van der Waals surface area contributed by atoms with E-state index in [0.717, 1.165) is 8.26 Å². The predicted octanol–water partition coefficient (Wildman–Crippen LogP) is 4.28. The smallest absolute Gasteiger partial charge is 0.265 e. The van der Waals surface area contributed by atoms with Crippen LogP contribution in [0.25, 0.3) is 0 Å². The maximum atomic E-state index is 12.0. The molecule has 0 fully saturated rings. The number of hydrogen-bond acceptors (Lipinski definition) is 3. The van der Waals surface area contributed by atoms with Gasteiger partial charge in [-0.1, -0.05) is 11.6 Å². The lowest BCUT2D eigenvalue weighted by atomic mass is 10.2. The number of hydrogen-bond donors (Lipinski definition) is 2. The maximum Gasteiger partial charge on any atom is 0.265 e. The van der Waals surface area contributed by atoms with Crippen molar-refractivity contribution in [3.05, 3.63) is 48.0 Å². The summed E-state index contributed by atoms with van der Waals surface area (Å²) in [5.74, 6) is -0.872. The molecule has 0 saturated heterocycles. The quantitative estimate of drug-likeness (QED) is 0.751. The Morgan fingerprint density at radius 1 is 1.25 bits per heavy atom. The predicted molar refractivity (Wildman–Crippen MR) is 87.6 cm³/mol. The van der Waals surface area contributed by atoms with Crippen molar-refractivity contribution in [3.8, 4) is 0 Å². The summed E-state index contributed by atoms with van der Waals surface area (Å²) in [6.07, 6.45) is 0. The number of nitrogens with one attached hydrogen (secondary N) is 1. The lowest BCUT2D eigenvalue weighted by molar-refractivity contribution is 0.0998. The van der Waals surface area contributed by atoms with Crippen LogP contribution < -0.4 is 11.1 Å². The van der Waals surface area contributed by atoms with Crippen molar-refractivity contribution >= 4 is 72.3 Å². The highest BCUT2D eigenvalue weighted by Gasteiger charge is 2.13. The maximum absolute atomic E-state index is 12.0. The molecule has 104 valence electrons. The van der Waals surface area contributed by atoms with Crippen LogP contribution in [-0.4, -0.2) is 11.8 Å². The van der Waals surface area contributed by atoms with Gasteiger partial charge in [-0.05, 0) is 56.1 Å². The Kier molecular flexibility index (Phi) is 4.85. The molecule has 0 aliphatic rings. The van der Waals surface area contributed by atoms with Crippen molar-refractivity contribution in [2.45, 2.75) is 0 Å². The van der Waals surface area contributed by atoms with Crippen LogP contribution in [0.4, 0.5) is 5.69 Å². The van der Waals surface area contributed by atoms with Crippen LogP contribution in [0.5, 0.6) is 0 Å². The van der Waals surface area contributed by atoms with Gasteiger partial charge in [-0.2, -0.15) is 0 Å². The number of benzene rings is 1. The largest absolute Gasteiger partial charge is 0.366 e. The number of anilines is 1. The van der Waals surface area contributed by atoms with Crippen LogP contribution in [0.3, 0.4) is 0 Å². The Labute approximate surface area is 140 Å². The molecule has 0 atom stereocenters. The van der Waals surface area contributed by atoms with Gasteiger partial charge in [0, 0.05) is 10.2 Å². The zero-order chi connectivity index (χ0) is 14.9. The Hall–Kier alpha value is -0.890. The minimum atomic E-state index is -0.612. The fourth-order valence-corrected chi connectivity index (χ4v) is 3.65.